The zero-order chi connectivity index (χ0) is 15.5. The number of hydrogen-bond acceptors (Lipinski definition) is 4. The van der Waals surface area contributed by atoms with Gasteiger partial charge in [0, 0.05) is 5.69 Å². The van der Waals surface area contributed by atoms with Gasteiger partial charge < -0.3 is 15.4 Å². The number of nitrogens with one attached hydrogen (secondary N) is 2. The monoisotopic (exact) mass is 296 g/mol. The number of fused-ring (bicyclic) bond motifs is 1. The standard InChI is InChI=1S/C17H16N2O3/c1-11-6-8-12(9-7-11)18-16(20)10-14-17(21)22-15-5-3-2-4-13(15)19-14/h2-9,14,19H,10H2,1H3,(H,18,20)/t14-/m1/s1. The topological polar surface area (TPSA) is 67.4 Å². The molecule has 3 rings (SSSR count). The van der Waals surface area contributed by atoms with Gasteiger partial charge in [0.25, 0.3) is 0 Å². The minimum absolute atomic E-state index is 0.0149. The van der Waals surface area contributed by atoms with E-state index in [4.69, 9.17) is 4.74 Å². The Kier molecular flexibility index (Phi) is 3.78. The summed E-state index contributed by atoms with van der Waals surface area (Å²) in [6.07, 6.45) is 0.0149. The summed E-state index contributed by atoms with van der Waals surface area (Å²) in [5, 5.41) is 5.81. The number of carbonyl (C=O) groups excluding carboxylic acids is 2. The molecule has 112 valence electrons. The molecule has 0 aliphatic carbocycles. The molecular weight excluding hydrogens is 280 g/mol. The van der Waals surface area contributed by atoms with E-state index in [0.29, 0.717) is 11.4 Å². The Morgan fingerprint density at radius 2 is 1.91 bits per heavy atom. The predicted octanol–water partition coefficient (Wildman–Crippen LogP) is 2.72. The number of amides is 1. The fraction of sp³-hybridized carbons (Fsp3) is 0.176. The second-order valence-corrected chi connectivity index (χ2v) is 5.23. The Bertz CT molecular complexity index is 710. The first-order valence-corrected chi connectivity index (χ1v) is 7.05. The van der Waals surface area contributed by atoms with Crippen LogP contribution in [0, 0.1) is 6.92 Å². The number of benzene rings is 2. The van der Waals surface area contributed by atoms with Gasteiger partial charge in [-0.15, -0.1) is 0 Å². The maximum absolute atomic E-state index is 12.1. The molecule has 2 aromatic carbocycles. The lowest BCUT2D eigenvalue weighted by Gasteiger charge is -2.25. The van der Waals surface area contributed by atoms with Crippen LogP contribution in [-0.4, -0.2) is 17.9 Å². The number of aryl methyl sites for hydroxylation is 1. The molecule has 0 fully saturated rings. The van der Waals surface area contributed by atoms with Gasteiger partial charge in [-0.1, -0.05) is 29.8 Å². The molecule has 0 radical (unpaired) electrons. The molecule has 1 atom stereocenters. The zero-order valence-corrected chi connectivity index (χ0v) is 12.1. The van der Waals surface area contributed by atoms with Gasteiger partial charge in [-0.2, -0.15) is 0 Å². The molecular formula is C17H16N2O3. The molecule has 2 N–H and O–H groups in total. The fourth-order valence-corrected chi connectivity index (χ4v) is 2.27. The molecule has 1 amide bonds. The Morgan fingerprint density at radius 3 is 2.68 bits per heavy atom. The van der Waals surface area contributed by atoms with Crippen LogP contribution >= 0.6 is 0 Å². The predicted molar refractivity (Wildman–Crippen MR) is 83.9 cm³/mol. The molecule has 1 aliphatic rings. The fourth-order valence-electron chi connectivity index (χ4n) is 2.27. The van der Waals surface area contributed by atoms with Crippen molar-refractivity contribution >= 4 is 23.3 Å². The van der Waals surface area contributed by atoms with E-state index in [9.17, 15) is 9.59 Å². The lowest BCUT2D eigenvalue weighted by atomic mass is 10.1. The van der Waals surface area contributed by atoms with E-state index in [2.05, 4.69) is 10.6 Å². The third kappa shape index (κ3) is 3.09. The highest BCUT2D eigenvalue weighted by molar-refractivity contribution is 5.97. The molecule has 22 heavy (non-hydrogen) atoms. The van der Waals surface area contributed by atoms with Crippen LogP contribution in [0.2, 0.25) is 0 Å². The van der Waals surface area contributed by atoms with Crippen LogP contribution in [0.5, 0.6) is 5.75 Å². The van der Waals surface area contributed by atoms with E-state index < -0.39 is 12.0 Å². The smallest absolute Gasteiger partial charge is 0.334 e. The van der Waals surface area contributed by atoms with Crippen LogP contribution in [-0.2, 0) is 9.59 Å². The molecule has 0 unspecified atom stereocenters. The maximum Gasteiger partial charge on any atom is 0.334 e. The van der Waals surface area contributed by atoms with Gasteiger partial charge in [0.05, 0.1) is 12.1 Å². The number of para-hydroxylation sites is 2. The zero-order valence-electron chi connectivity index (χ0n) is 12.1. The molecule has 0 bridgehead atoms. The second kappa shape index (κ2) is 5.89. The Balaban J connectivity index is 1.64. The van der Waals surface area contributed by atoms with Crippen LogP contribution < -0.4 is 15.4 Å². The highest BCUT2D eigenvalue weighted by Gasteiger charge is 2.29. The summed E-state index contributed by atoms with van der Waals surface area (Å²) in [6, 6.07) is 14.0. The first-order chi connectivity index (χ1) is 10.6. The minimum atomic E-state index is -0.680. The van der Waals surface area contributed by atoms with Gasteiger partial charge in [-0.05, 0) is 31.2 Å². The maximum atomic E-state index is 12.1. The van der Waals surface area contributed by atoms with Gasteiger partial charge in [0.2, 0.25) is 5.91 Å². The van der Waals surface area contributed by atoms with Crippen molar-refractivity contribution in [2.45, 2.75) is 19.4 Å². The second-order valence-electron chi connectivity index (χ2n) is 5.23. The van der Waals surface area contributed by atoms with Crippen molar-refractivity contribution < 1.29 is 14.3 Å². The Labute approximate surface area is 128 Å². The minimum Gasteiger partial charge on any atom is -0.423 e. The normalized spacial score (nSPS) is 16.2. The molecule has 0 spiro atoms. The molecule has 1 heterocycles. The molecule has 0 saturated heterocycles. The molecule has 5 nitrogen and oxygen atoms in total. The quantitative estimate of drug-likeness (QED) is 0.675. The van der Waals surface area contributed by atoms with E-state index in [0.717, 1.165) is 11.3 Å². The third-order valence-corrected chi connectivity index (χ3v) is 3.44. The van der Waals surface area contributed by atoms with E-state index in [1.807, 2.05) is 43.3 Å². The summed E-state index contributed by atoms with van der Waals surface area (Å²) in [6.45, 7) is 1.98. The summed E-state index contributed by atoms with van der Waals surface area (Å²) in [7, 11) is 0. The van der Waals surface area contributed by atoms with Crippen molar-refractivity contribution in [2.75, 3.05) is 10.6 Å². The van der Waals surface area contributed by atoms with E-state index in [1.54, 1.807) is 12.1 Å². The number of carbonyl (C=O) groups is 2. The van der Waals surface area contributed by atoms with Crippen molar-refractivity contribution in [3.63, 3.8) is 0 Å². The Hall–Kier alpha value is -2.82. The average Bonchev–Trinajstić information content (AvgIpc) is 2.50. The van der Waals surface area contributed by atoms with Crippen LogP contribution in [0.1, 0.15) is 12.0 Å². The summed E-state index contributed by atoms with van der Waals surface area (Å²) in [4.78, 5) is 24.0. The van der Waals surface area contributed by atoms with Crippen LogP contribution in [0.25, 0.3) is 0 Å². The van der Waals surface area contributed by atoms with Gasteiger partial charge in [-0.3, -0.25) is 4.79 Å². The first kappa shape index (κ1) is 14.1. The van der Waals surface area contributed by atoms with Crippen LogP contribution in [0.4, 0.5) is 11.4 Å². The Morgan fingerprint density at radius 1 is 1.18 bits per heavy atom. The molecule has 0 aromatic heterocycles. The summed E-state index contributed by atoms with van der Waals surface area (Å²) < 4.78 is 5.23. The van der Waals surface area contributed by atoms with E-state index >= 15 is 0 Å². The lowest BCUT2D eigenvalue weighted by Crippen LogP contribution is -2.39. The number of ether oxygens (including phenoxy) is 1. The SMILES string of the molecule is Cc1ccc(NC(=O)C[C@H]2Nc3ccccc3OC2=O)cc1. The number of anilines is 2. The molecule has 5 heteroatoms. The van der Waals surface area contributed by atoms with Crippen molar-refractivity contribution in [2.24, 2.45) is 0 Å². The highest BCUT2D eigenvalue weighted by atomic mass is 16.5. The number of esters is 1. The number of hydrogen-bond donors (Lipinski definition) is 2. The van der Waals surface area contributed by atoms with Gasteiger partial charge >= 0.3 is 5.97 Å². The van der Waals surface area contributed by atoms with Gasteiger partial charge in [-0.25, -0.2) is 4.79 Å². The largest absolute Gasteiger partial charge is 0.423 e. The molecule has 2 aromatic rings. The third-order valence-electron chi connectivity index (χ3n) is 3.44. The first-order valence-electron chi connectivity index (χ1n) is 7.05. The van der Waals surface area contributed by atoms with Crippen molar-refractivity contribution in [1.29, 1.82) is 0 Å². The van der Waals surface area contributed by atoms with Crippen molar-refractivity contribution in [1.82, 2.24) is 0 Å². The number of rotatable bonds is 3. The molecule has 0 saturated carbocycles. The van der Waals surface area contributed by atoms with Gasteiger partial charge in [0.15, 0.2) is 5.75 Å². The van der Waals surface area contributed by atoms with E-state index in [1.165, 1.54) is 0 Å². The van der Waals surface area contributed by atoms with Crippen LogP contribution in [0.15, 0.2) is 48.5 Å². The average molecular weight is 296 g/mol. The van der Waals surface area contributed by atoms with Crippen molar-refractivity contribution in [3.8, 4) is 5.75 Å². The highest BCUT2D eigenvalue weighted by Crippen LogP contribution is 2.29. The van der Waals surface area contributed by atoms with Gasteiger partial charge in [0.1, 0.15) is 6.04 Å². The summed E-state index contributed by atoms with van der Waals surface area (Å²) in [5.41, 5.74) is 2.54. The molecule has 1 aliphatic heterocycles. The van der Waals surface area contributed by atoms with E-state index in [-0.39, 0.29) is 12.3 Å². The summed E-state index contributed by atoms with van der Waals surface area (Å²) in [5.74, 6) is -0.196. The summed E-state index contributed by atoms with van der Waals surface area (Å²) >= 11 is 0. The lowest BCUT2D eigenvalue weighted by molar-refractivity contribution is -0.137. The van der Waals surface area contributed by atoms with Crippen molar-refractivity contribution in [3.05, 3.63) is 54.1 Å². The van der Waals surface area contributed by atoms with Crippen LogP contribution in [0.3, 0.4) is 0 Å².